The lowest BCUT2D eigenvalue weighted by molar-refractivity contribution is -0.114. The van der Waals surface area contributed by atoms with Gasteiger partial charge in [-0.1, -0.05) is 24.3 Å². The molecular weight excluding hydrogens is 345 g/mol. The summed E-state index contributed by atoms with van der Waals surface area (Å²) in [5, 5.41) is 14.2. The van der Waals surface area contributed by atoms with Crippen LogP contribution < -0.4 is 5.32 Å². The summed E-state index contributed by atoms with van der Waals surface area (Å²) >= 11 is 0. The molecule has 0 unspecified atom stereocenters. The standard InChI is InChI=1S/C21H16FN3O2/c1-12(26)25-19-6-5-13(10-18(19)22)16-3-2-4-17(20(16)27)15-9-14-7-8-23-21(14)24-11-15/h2-11,27H,1H3,(H,23,24)(H,25,26). The van der Waals surface area contributed by atoms with Crippen LogP contribution in [-0.4, -0.2) is 21.0 Å². The van der Waals surface area contributed by atoms with Crippen LogP contribution in [-0.2, 0) is 4.79 Å². The predicted octanol–water partition coefficient (Wildman–Crippen LogP) is 4.70. The summed E-state index contributed by atoms with van der Waals surface area (Å²) in [4.78, 5) is 18.5. The highest BCUT2D eigenvalue weighted by Crippen LogP contribution is 2.39. The van der Waals surface area contributed by atoms with Crippen molar-refractivity contribution in [3.63, 3.8) is 0 Å². The molecule has 0 aliphatic rings. The normalized spacial score (nSPS) is 10.9. The first kappa shape index (κ1) is 16.8. The molecule has 5 nitrogen and oxygen atoms in total. The van der Waals surface area contributed by atoms with E-state index < -0.39 is 5.82 Å². The predicted molar refractivity (Wildman–Crippen MR) is 103 cm³/mol. The summed E-state index contributed by atoms with van der Waals surface area (Å²) in [6.07, 6.45) is 3.48. The molecule has 1 amide bonds. The Balaban J connectivity index is 1.78. The van der Waals surface area contributed by atoms with Gasteiger partial charge in [0.15, 0.2) is 0 Å². The topological polar surface area (TPSA) is 78.0 Å². The Hall–Kier alpha value is -3.67. The van der Waals surface area contributed by atoms with Crippen LogP contribution in [0.3, 0.4) is 0 Å². The van der Waals surface area contributed by atoms with Crippen LogP contribution in [0.4, 0.5) is 10.1 Å². The van der Waals surface area contributed by atoms with E-state index in [1.807, 2.05) is 12.1 Å². The third kappa shape index (κ3) is 3.13. The Kier molecular flexibility index (Phi) is 4.08. The van der Waals surface area contributed by atoms with Gasteiger partial charge in [0, 0.05) is 41.4 Å². The molecule has 3 N–H and O–H groups in total. The van der Waals surface area contributed by atoms with Gasteiger partial charge in [-0.3, -0.25) is 4.79 Å². The van der Waals surface area contributed by atoms with E-state index in [2.05, 4.69) is 15.3 Å². The monoisotopic (exact) mass is 361 g/mol. The second kappa shape index (κ2) is 6.57. The first-order chi connectivity index (χ1) is 13.0. The molecule has 2 aromatic heterocycles. The lowest BCUT2D eigenvalue weighted by Crippen LogP contribution is -2.07. The highest BCUT2D eigenvalue weighted by Gasteiger charge is 2.14. The zero-order valence-electron chi connectivity index (χ0n) is 14.5. The maximum absolute atomic E-state index is 14.3. The van der Waals surface area contributed by atoms with Crippen molar-refractivity contribution in [2.75, 3.05) is 5.32 Å². The van der Waals surface area contributed by atoms with E-state index in [4.69, 9.17) is 0 Å². The molecule has 0 saturated carbocycles. The number of carbonyl (C=O) groups is 1. The molecule has 0 spiro atoms. The fourth-order valence-electron chi connectivity index (χ4n) is 3.07. The number of hydrogen-bond donors (Lipinski definition) is 3. The molecule has 0 fully saturated rings. The van der Waals surface area contributed by atoms with Gasteiger partial charge in [0.1, 0.15) is 17.2 Å². The summed E-state index contributed by atoms with van der Waals surface area (Å²) in [6, 6.07) is 13.6. The van der Waals surface area contributed by atoms with Gasteiger partial charge in [-0.05, 0) is 29.8 Å². The van der Waals surface area contributed by atoms with Crippen LogP contribution in [0.1, 0.15) is 6.92 Å². The van der Waals surface area contributed by atoms with Crippen LogP contribution in [0.2, 0.25) is 0 Å². The number of para-hydroxylation sites is 1. The van der Waals surface area contributed by atoms with Gasteiger partial charge in [-0.25, -0.2) is 9.37 Å². The number of aromatic amines is 1. The van der Waals surface area contributed by atoms with Gasteiger partial charge in [-0.15, -0.1) is 0 Å². The molecule has 0 aliphatic heterocycles. The fourth-order valence-corrected chi connectivity index (χ4v) is 3.07. The number of H-pyrrole nitrogens is 1. The molecular formula is C21H16FN3O2. The quantitative estimate of drug-likeness (QED) is 0.495. The molecule has 2 heterocycles. The van der Waals surface area contributed by atoms with Crippen molar-refractivity contribution in [3.8, 4) is 28.0 Å². The van der Waals surface area contributed by atoms with E-state index in [9.17, 15) is 14.3 Å². The molecule has 27 heavy (non-hydrogen) atoms. The Bertz CT molecular complexity index is 1170. The number of benzene rings is 2. The maximum atomic E-state index is 14.3. The number of aromatic nitrogens is 2. The molecule has 0 aliphatic carbocycles. The van der Waals surface area contributed by atoms with Gasteiger partial charge >= 0.3 is 0 Å². The lowest BCUT2D eigenvalue weighted by atomic mass is 9.97. The molecule has 0 radical (unpaired) electrons. The average molecular weight is 361 g/mol. The number of carbonyl (C=O) groups excluding carboxylic acids is 1. The number of aromatic hydroxyl groups is 1. The first-order valence-corrected chi connectivity index (χ1v) is 8.36. The van der Waals surface area contributed by atoms with E-state index in [-0.39, 0.29) is 17.3 Å². The minimum atomic E-state index is -0.567. The van der Waals surface area contributed by atoms with Crippen LogP contribution in [0.25, 0.3) is 33.3 Å². The first-order valence-electron chi connectivity index (χ1n) is 8.36. The SMILES string of the molecule is CC(=O)Nc1ccc(-c2cccc(-c3cnc4[nH]ccc4c3)c2O)cc1F. The van der Waals surface area contributed by atoms with Crippen molar-refractivity contribution in [2.45, 2.75) is 6.92 Å². The summed E-state index contributed by atoms with van der Waals surface area (Å²) in [7, 11) is 0. The molecule has 134 valence electrons. The zero-order chi connectivity index (χ0) is 19.0. The van der Waals surface area contributed by atoms with Crippen molar-refractivity contribution in [1.29, 1.82) is 0 Å². The van der Waals surface area contributed by atoms with Crippen molar-refractivity contribution in [2.24, 2.45) is 0 Å². The van der Waals surface area contributed by atoms with Crippen molar-refractivity contribution >= 4 is 22.6 Å². The number of fused-ring (bicyclic) bond motifs is 1. The summed E-state index contributed by atoms with van der Waals surface area (Å²) in [5.74, 6) is -0.872. The Labute approximate surface area is 154 Å². The number of amides is 1. The van der Waals surface area contributed by atoms with Gasteiger partial charge in [0.05, 0.1) is 5.69 Å². The number of pyridine rings is 1. The van der Waals surface area contributed by atoms with E-state index >= 15 is 0 Å². The van der Waals surface area contributed by atoms with E-state index in [1.54, 1.807) is 36.7 Å². The Morgan fingerprint density at radius 2 is 1.89 bits per heavy atom. The largest absolute Gasteiger partial charge is 0.507 e. The number of phenols is 1. The van der Waals surface area contributed by atoms with Crippen LogP contribution in [0.15, 0.2) is 60.9 Å². The zero-order valence-corrected chi connectivity index (χ0v) is 14.5. The second-order valence-electron chi connectivity index (χ2n) is 6.22. The number of hydrogen-bond acceptors (Lipinski definition) is 3. The number of phenolic OH excluding ortho intramolecular Hbond substituents is 1. The molecule has 4 aromatic rings. The number of nitrogens with one attached hydrogen (secondary N) is 2. The third-order valence-electron chi connectivity index (χ3n) is 4.34. The molecule has 6 heteroatoms. The van der Waals surface area contributed by atoms with Crippen molar-refractivity contribution in [1.82, 2.24) is 9.97 Å². The molecule has 2 aromatic carbocycles. The Morgan fingerprint density at radius 3 is 2.63 bits per heavy atom. The van der Waals surface area contributed by atoms with Gasteiger partial charge in [0.2, 0.25) is 5.91 Å². The highest BCUT2D eigenvalue weighted by atomic mass is 19.1. The summed E-state index contributed by atoms with van der Waals surface area (Å²) < 4.78 is 14.3. The number of rotatable bonds is 3. The van der Waals surface area contributed by atoms with E-state index in [1.165, 1.54) is 19.1 Å². The minimum Gasteiger partial charge on any atom is -0.507 e. The van der Waals surface area contributed by atoms with Crippen molar-refractivity contribution in [3.05, 3.63) is 66.7 Å². The van der Waals surface area contributed by atoms with Crippen LogP contribution in [0, 0.1) is 5.82 Å². The number of anilines is 1. The van der Waals surface area contributed by atoms with Crippen LogP contribution >= 0.6 is 0 Å². The molecule has 0 atom stereocenters. The summed E-state index contributed by atoms with van der Waals surface area (Å²) in [6.45, 7) is 1.32. The smallest absolute Gasteiger partial charge is 0.221 e. The molecule has 0 bridgehead atoms. The molecule has 0 saturated heterocycles. The van der Waals surface area contributed by atoms with Crippen molar-refractivity contribution < 1.29 is 14.3 Å². The van der Waals surface area contributed by atoms with E-state index in [0.29, 0.717) is 16.7 Å². The molecule has 4 rings (SSSR count). The number of nitrogens with zero attached hydrogens (tertiary/aromatic N) is 1. The average Bonchev–Trinajstić information content (AvgIpc) is 3.11. The minimum absolute atomic E-state index is 0.0425. The second-order valence-corrected chi connectivity index (χ2v) is 6.22. The third-order valence-corrected chi connectivity index (χ3v) is 4.34. The van der Waals surface area contributed by atoms with Gasteiger partial charge < -0.3 is 15.4 Å². The maximum Gasteiger partial charge on any atom is 0.221 e. The Morgan fingerprint density at radius 1 is 1.11 bits per heavy atom. The van der Waals surface area contributed by atoms with Gasteiger partial charge in [0.25, 0.3) is 0 Å². The lowest BCUT2D eigenvalue weighted by Gasteiger charge is -2.12. The number of halogens is 1. The van der Waals surface area contributed by atoms with Crippen LogP contribution in [0.5, 0.6) is 5.75 Å². The highest BCUT2D eigenvalue weighted by molar-refractivity contribution is 5.90. The van der Waals surface area contributed by atoms with Gasteiger partial charge in [-0.2, -0.15) is 0 Å². The van der Waals surface area contributed by atoms with E-state index in [0.717, 1.165) is 16.6 Å². The summed E-state index contributed by atoms with van der Waals surface area (Å²) in [5.41, 5.74) is 3.24. The fraction of sp³-hybridized carbons (Fsp3) is 0.0476.